The Morgan fingerprint density at radius 1 is 1.25 bits per heavy atom. The lowest BCUT2D eigenvalue weighted by atomic mass is 10.2. The second-order valence-corrected chi connectivity index (χ2v) is 8.80. The maximum Gasteiger partial charge on any atom is 0.410 e. The van der Waals surface area contributed by atoms with Gasteiger partial charge in [-0.15, -0.1) is 0 Å². The van der Waals surface area contributed by atoms with Crippen LogP contribution in [0.15, 0.2) is 24.8 Å². The monoisotopic (exact) mass is 445 g/mol. The molecule has 2 atom stereocenters. The number of fused-ring (bicyclic) bond motifs is 3. The molecule has 0 radical (unpaired) electrons. The van der Waals surface area contributed by atoms with Gasteiger partial charge in [0, 0.05) is 24.8 Å². The molecule has 0 spiro atoms. The van der Waals surface area contributed by atoms with Crippen molar-refractivity contribution >= 4 is 22.9 Å². The number of carbonyl (C=O) groups is 1. The van der Waals surface area contributed by atoms with E-state index in [9.17, 15) is 13.6 Å². The van der Waals surface area contributed by atoms with E-state index in [0.717, 1.165) is 24.0 Å². The maximum atomic E-state index is 12.9. The lowest BCUT2D eigenvalue weighted by molar-refractivity contribution is 0.0566. The molecule has 1 amide bonds. The van der Waals surface area contributed by atoms with Crippen LogP contribution in [0.25, 0.3) is 22.3 Å². The largest absolute Gasteiger partial charge is 0.449 e. The molecule has 5 rings (SSSR count). The normalized spacial score (nSPS) is 20.7. The summed E-state index contributed by atoms with van der Waals surface area (Å²) in [6.07, 6.45) is 5.80. The van der Waals surface area contributed by atoms with E-state index in [1.165, 1.54) is 18.7 Å². The number of hydrogen-bond donors (Lipinski definition) is 1. The summed E-state index contributed by atoms with van der Waals surface area (Å²) in [6.45, 7) is 3.07. The van der Waals surface area contributed by atoms with Gasteiger partial charge in [-0.05, 0) is 24.8 Å². The van der Waals surface area contributed by atoms with Crippen LogP contribution in [0.4, 0.5) is 19.4 Å². The number of amides is 1. The number of piperazine rings is 1. The third-order valence-corrected chi connectivity index (χ3v) is 6.05. The van der Waals surface area contributed by atoms with Crippen molar-refractivity contribution in [3.63, 3.8) is 0 Å². The van der Waals surface area contributed by atoms with Crippen LogP contribution in [0.1, 0.15) is 33.2 Å². The maximum absolute atomic E-state index is 12.9. The number of halogens is 2. The molecule has 2 unspecified atom stereocenters. The number of ether oxygens (including phenoxy) is 1. The molecular formula is C21H25F2N7O2. The first-order valence-electron chi connectivity index (χ1n) is 10.8. The van der Waals surface area contributed by atoms with E-state index in [1.54, 1.807) is 0 Å². The standard InChI is InChI=1S/C21H25F2N7O2/c1-12(2)10-32-21(31)30-14-3-4-15(30)9-28(8-14)19-16-5-17(27-18(16)24-11-25-19)13-6-26-29(7-13)20(22)23/h5-7,11-12,14-15,20H,3-4,8-10H2,1-2H3,(H,24,25,27). The number of aromatic amines is 1. The Morgan fingerprint density at radius 2 is 2.00 bits per heavy atom. The Balaban J connectivity index is 1.39. The van der Waals surface area contributed by atoms with E-state index < -0.39 is 6.55 Å². The first kappa shape index (κ1) is 20.7. The molecule has 11 heteroatoms. The Kier molecular flexibility index (Phi) is 5.18. The number of hydrogen-bond acceptors (Lipinski definition) is 6. The number of alkyl halides is 2. The topological polar surface area (TPSA) is 92.2 Å². The second-order valence-electron chi connectivity index (χ2n) is 8.80. The quantitative estimate of drug-likeness (QED) is 0.644. The van der Waals surface area contributed by atoms with Crippen molar-refractivity contribution in [3.8, 4) is 11.3 Å². The molecule has 2 bridgehead atoms. The summed E-state index contributed by atoms with van der Waals surface area (Å²) in [6, 6.07) is 2.00. The molecule has 2 fully saturated rings. The molecular weight excluding hydrogens is 420 g/mol. The summed E-state index contributed by atoms with van der Waals surface area (Å²) in [5, 5.41) is 4.51. The first-order valence-corrected chi connectivity index (χ1v) is 10.8. The van der Waals surface area contributed by atoms with E-state index in [-0.39, 0.29) is 18.2 Å². The third kappa shape index (κ3) is 3.65. The second kappa shape index (κ2) is 8.03. The van der Waals surface area contributed by atoms with Crippen molar-refractivity contribution < 1.29 is 18.3 Å². The lowest BCUT2D eigenvalue weighted by Gasteiger charge is -2.41. The van der Waals surface area contributed by atoms with Gasteiger partial charge in [-0.1, -0.05) is 13.8 Å². The number of aromatic nitrogens is 5. The van der Waals surface area contributed by atoms with Gasteiger partial charge in [0.1, 0.15) is 17.8 Å². The molecule has 3 aromatic heterocycles. The van der Waals surface area contributed by atoms with Gasteiger partial charge in [0.2, 0.25) is 0 Å². The summed E-state index contributed by atoms with van der Waals surface area (Å²) in [5.41, 5.74) is 1.82. The summed E-state index contributed by atoms with van der Waals surface area (Å²) < 4.78 is 31.9. The minimum atomic E-state index is -2.69. The molecule has 0 aliphatic carbocycles. The lowest BCUT2D eigenvalue weighted by Crippen LogP contribution is -2.56. The molecule has 32 heavy (non-hydrogen) atoms. The Hall–Kier alpha value is -3.24. The van der Waals surface area contributed by atoms with Crippen molar-refractivity contribution in [1.29, 1.82) is 0 Å². The zero-order valence-electron chi connectivity index (χ0n) is 17.9. The number of nitrogens with zero attached hydrogens (tertiary/aromatic N) is 6. The summed E-state index contributed by atoms with van der Waals surface area (Å²) in [7, 11) is 0. The number of anilines is 1. The van der Waals surface area contributed by atoms with E-state index in [4.69, 9.17) is 4.74 Å². The van der Waals surface area contributed by atoms with Gasteiger partial charge in [-0.3, -0.25) is 4.90 Å². The summed E-state index contributed by atoms with van der Waals surface area (Å²) >= 11 is 0. The van der Waals surface area contributed by atoms with Crippen molar-refractivity contribution in [2.45, 2.75) is 45.3 Å². The van der Waals surface area contributed by atoms with Gasteiger partial charge in [-0.2, -0.15) is 13.9 Å². The van der Waals surface area contributed by atoms with Crippen molar-refractivity contribution in [3.05, 3.63) is 24.8 Å². The van der Waals surface area contributed by atoms with Crippen LogP contribution >= 0.6 is 0 Å². The fraction of sp³-hybridized carbons (Fsp3) is 0.524. The Labute approximate surface area is 183 Å². The average Bonchev–Trinajstić information content (AvgIpc) is 3.47. The van der Waals surface area contributed by atoms with Crippen LogP contribution in [-0.4, -0.2) is 67.5 Å². The predicted molar refractivity (Wildman–Crippen MR) is 113 cm³/mol. The average molecular weight is 445 g/mol. The molecule has 2 saturated heterocycles. The highest BCUT2D eigenvalue weighted by Gasteiger charge is 2.44. The van der Waals surface area contributed by atoms with Gasteiger partial charge in [-0.25, -0.2) is 19.4 Å². The highest BCUT2D eigenvalue weighted by molar-refractivity contribution is 5.92. The number of rotatable bonds is 5. The van der Waals surface area contributed by atoms with Crippen LogP contribution in [0.3, 0.4) is 0 Å². The van der Waals surface area contributed by atoms with E-state index in [2.05, 4.69) is 25.0 Å². The first-order chi connectivity index (χ1) is 15.4. The molecule has 1 N–H and O–H groups in total. The fourth-order valence-electron chi connectivity index (χ4n) is 4.60. The van der Waals surface area contributed by atoms with E-state index in [0.29, 0.717) is 47.2 Å². The molecule has 2 aliphatic heterocycles. The van der Waals surface area contributed by atoms with Crippen LogP contribution in [0.5, 0.6) is 0 Å². The van der Waals surface area contributed by atoms with E-state index >= 15 is 0 Å². The van der Waals surface area contributed by atoms with Gasteiger partial charge in [0.25, 0.3) is 0 Å². The minimum Gasteiger partial charge on any atom is -0.449 e. The van der Waals surface area contributed by atoms with Crippen molar-refractivity contribution in [2.75, 3.05) is 24.6 Å². The highest BCUT2D eigenvalue weighted by Crippen LogP contribution is 2.36. The van der Waals surface area contributed by atoms with Gasteiger partial charge < -0.3 is 14.6 Å². The third-order valence-electron chi connectivity index (χ3n) is 6.05. The minimum absolute atomic E-state index is 0.0705. The van der Waals surface area contributed by atoms with Gasteiger partial charge in [0.05, 0.1) is 36.0 Å². The molecule has 9 nitrogen and oxygen atoms in total. The molecule has 2 aliphatic rings. The number of H-pyrrole nitrogens is 1. The molecule has 3 aromatic rings. The Morgan fingerprint density at radius 3 is 2.66 bits per heavy atom. The van der Waals surface area contributed by atoms with Crippen LogP contribution in [0.2, 0.25) is 0 Å². The molecule has 0 saturated carbocycles. The van der Waals surface area contributed by atoms with Crippen LogP contribution in [-0.2, 0) is 4.74 Å². The van der Waals surface area contributed by atoms with Crippen LogP contribution in [0, 0.1) is 5.92 Å². The molecule has 5 heterocycles. The molecule has 170 valence electrons. The predicted octanol–water partition coefficient (Wildman–Crippen LogP) is 3.66. The smallest absolute Gasteiger partial charge is 0.410 e. The summed E-state index contributed by atoms with van der Waals surface area (Å²) in [5.74, 6) is 1.06. The summed E-state index contributed by atoms with van der Waals surface area (Å²) in [4.78, 5) is 28.7. The number of carbonyl (C=O) groups excluding carboxylic acids is 1. The fourth-order valence-corrected chi connectivity index (χ4v) is 4.60. The molecule has 0 aromatic carbocycles. The van der Waals surface area contributed by atoms with Gasteiger partial charge >= 0.3 is 12.6 Å². The highest BCUT2D eigenvalue weighted by atomic mass is 19.3. The number of nitrogens with one attached hydrogen (secondary N) is 1. The van der Waals surface area contributed by atoms with Crippen molar-refractivity contribution in [1.82, 2.24) is 29.6 Å². The zero-order valence-corrected chi connectivity index (χ0v) is 17.9. The Bertz CT molecular complexity index is 1110. The van der Waals surface area contributed by atoms with E-state index in [1.807, 2.05) is 24.8 Å². The SMILES string of the molecule is CC(C)COC(=O)N1C2CCC1CN(c1ncnc3[nH]c(-c4cnn(C(F)F)c4)cc13)C2. The van der Waals surface area contributed by atoms with Crippen LogP contribution < -0.4 is 4.90 Å². The van der Waals surface area contributed by atoms with Gasteiger partial charge in [0.15, 0.2) is 0 Å². The van der Waals surface area contributed by atoms with Crippen molar-refractivity contribution in [2.24, 2.45) is 5.92 Å². The zero-order chi connectivity index (χ0) is 22.4.